The number of carbonyl (C=O) groups is 2. The van der Waals surface area contributed by atoms with Gasteiger partial charge in [0, 0.05) is 5.41 Å². The lowest BCUT2D eigenvalue weighted by Gasteiger charge is -2.61. The van der Waals surface area contributed by atoms with E-state index in [4.69, 9.17) is 9.47 Å². The Labute approximate surface area is 227 Å². The molecular formula is C34H42O4. The van der Waals surface area contributed by atoms with Crippen LogP contribution in [0.1, 0.15) is 92.9 Å². The Morgan fingerprint density at radius 1 is 0.737 bits per heavy atom. The monoisotopic (exact) mass is 514 g/mol. The van der Waals surface area contributed by atoms with Gasteiger partial charge in [0.1, 0.15) is 12.2 Å². The Bertz CT molecular complexity index is 1160. The minimum absolute atomic E-state index is 0.000512. The highest BCUT2D eigenvalue weighted by Crippen LogP contribution is 2.67. The van der Waals surface area contributed by atoms with Crippen molar-refractivity contribution in [3.8, 4) is 0 Å². The van der Waals surface area contributed by atoms with Crippen LogP contribution in [0, 0.1) is 40.4 Å². The third kappa shape index (κ3) is 4.28. The summed E-state index contributed by atoms with van der Waals surface area (Å²) in [4.78, 5) is 25.7. The van der Waals surface area contributed by atoms with Gasteiger partial charge in [0.2, 0.25) is 0 Å². The first-order valence-corrected chi connectivity index (χ1v) is 14.8. The number of ether oxygens (including phenoxy) is 2. The Morgan fingerprint density at radius 2 is 1.34 bits per heavy atom. The SMILES string of the molecule is C[C@H]1C[C@]2(C)[C@H](CC[C@@H]3[C@@H]4CC[C@H](OC(=O)c5ccccc5)[C@]4(C)CC[C@@H]32)C[C@H]1OC(=O)c1ccccc1. The summed E-state index contributed by atoms with van der Waals surface area (Å²) in [5.74, 6) is 2.63. The molecular weight excluding hydrogens is 472 g/mol. The molecule has 4 saturated carbocycles. The van der Waals surface area contributed by atoms with Gasteiger partial charge in [-0.15, -0.1) is 0 Å². The van der Waals surface area contributed by atoms with Crippen molar-refractivity contribution in [3.63, 3.8) is 0 Å². The fourth-order valence-corrected chi connectivity index (χ4v) is 9.44. The summed E-state index contributed by atoms with van der Waals surface area (Å²) in [6.45, 7) is 7.24. The van der Waals surface area contributed by atoms with E-state index in [9.17, 15) is 9.59 Å². The maximum absolute atomic E-state index is 12.9. The summed E-state index contributed by atoms with van der Waals surface area (Å²) < 4.78 is 12.3. The van der Waals surface area contributed by atoms with E-state index in [2.05, 4.69) is 20.8 Å². The van der Waals surface area contributed by atoms with E-state index in [0.717, 1.165) is 32.1 Å². The lowest BCUT2D eigenvalue weighted by Crippen LogP contribution is -2.56. The molecule has 6 rings (SSSR count). The van der Waals surface area contributed by atoms with Crippen molar-refractivity contribution in [2.75, 3.05) is 0 Å². The van der Waals surface area contributed by atoms with Crippen LogP contribution in [0.3, 0.4) is 0 Å². The van der Waals surface area contributed by atoms with Gasteiger partial charge >= 0.3 is 11.9 Å². The average Bonchev–Trinajstić information content (AvgIpc) is 3.26. The molecule has 0 spiro atoms. The van der Waals surface area contributed by atoms with Crippen LogP contribution in [0.5, 0.6) is 0 Å². The number of esters is 2. The number of carbonyl (C=O) groups excluding carboxylic acids is 2. The molecule has 2 aromatic rings. The number of benzene rings is 2. The molecule has 202 valence electrons. The molecule has 0 aliphatic heterocycles. The van der Waals surface area contributed by atoms with E-state index in [1.807, 2.05) is 60.7 Å². The number of fused-ring (bicyclic) bond motifs is 5. The average molecular weight is 515 g/mol. The second-order valence-electron chi connectivity index (χ2n) is 13.3. The third-order valence-corrected chi connectivity index (χ3v) is 11.4. The van der Waals surface area contributed by atoms with Gasteiger partial charge in [-0.25, -0.2) is 9.59 Å². The van der Waals surface area contributed by atoms with E-state index in [1.165, 1.54) is 19.3 Å². The molecule has 0 amide bonds. The second-order valence-corrected chi connectivity index (χ2v) is 13.3. The van der Waals surface area contributed by atoms with Crippen LogP contribution >= 0.6 is 0 Å². The quantitative estimate of drug-likeness (QED) is 0.392. The zero-order valence-electron chi connectivity index (χ0n) is 23.1. The van der Waals surface area contributed by atoms with Gasteiger partial charge < -0.3 is 9.47 Å². The van der Waals surface area contributed by atoms with E-state index >= 15 is 0 Å². The standard InChI is InChI=1S/C34H42O4/c1-22-21-34(3)25(20-29(22)37-31(35)23-10-6-4-7-11-23)14-15-26-27-16-17-30(33(27,2)19-18-28(26)34)38-32(36)24-12-8-5-9-13-24/h4-13,22,25-30H,14-21H2,1-3H3/t22-,25+,26+,27-,28-,29+,30-,33+,34+/m0/s1. The van der Waals surface area contributed by atoms with Gasteiger partial charge in [0.15, 0.2) is 0 Å². The van der Waals surface area contributed by atoms with Crippen LogP contribution < -0.4 is 0 Å². The predicted molar refractivity (Wildman–Crippen MR) is 148 cm³/mol. The fraction of sp³-hybridized carbons (Fsp3) is 0.588. The molecule has 9 atom stereocenters. The van der Waals surface area contributed by atoms with E-state index in [1.54, 1.807) is 0 Å². The molecule has 0 radical (unpaired) electrons. The highest BCUT2D eigenvalue weighted by atomic mass is 16.5. The minimum atomic E-state index is -0.185. The predicted octanol–water partition coefficient (Wildman–Crippen LogP) is 7.73. The molecule has 0 N–H and O–H groups in total. The Morgan fingerprint density at radius 3 is 2.00 bits per heavy atom. The van der Waals surface area contributed by atoms with E-state index < -0.39 is 0 Å². The Balaban J connectivity index is 1.14. The molecule has 4 nitrogen and oxygen atoms in total. The molecule has 0 heterocycles. The summed E-state index contributed by atoms with van der Waals surface area (Å²) in [6.07, 6.45) is 9.08. The number of hydrogen-bond acceptors (Lipinski definition) is 4. The fourth-order valence-electron chi connectivity index (χ4n) is 9.44. The zero-order valence-corrected chi connectivity index (χ0v) is 23.1. The Kier molecular flexibility index (Phi) is 6.64. The van der Waals surface area contributed by atoms with Crippen molar-refractivity contribution in [1.82, 2.24) is 0 Å². The normalized spacial score (nSPS) is 39.8. The van der Waals surface area contributed by atoms with Crippen LogP contribution in [0.2, 0.25) is 0 Å². The van der Waals surface area contributed by atoms with Gasteiger partial charge in [-0.05, 0) is 111 Å². The second kappa shape index (κ2) is 9.84. The van der Waals surface area contributed by atoms with Crippen molar-refractivity contribution in [2.24, 2.45) is 40.4 Å². The summed E-state index contributed by atoms with van der Waals surface area (Å²) >= 11 is 0. The summed E-state index contributed by atoms with van der Waals surface area (Å²) in [6, 6.07) is 18.8. The van der Waals surface area contributed by atoms with Crippen LogP contribution in [0.25, 0.3) is 0 Å². The van der Waals surface area contributed by atoms with Crippen molar-refractivity contribution in [3.05, 3.63) is 71.8 Å². The molecule has 0 aromatic heterocycles. The summed E-state index contributed by atoms with van der Waals surface area (Å²) in [7, 11) is 0. The molecule has 2 aromatic carbocycles. The smallest absolute Gasteiger partial charge is 0.338 e. The van der Waals surface area contributed by atoms with Crippen molar-refractivity contribution < 1.29 is 19.1 Å². The highest BCUT2D eigenvalue weighted by molar-refractivity contribution is 5.90. The van der Waals surface area contributed by atoms with Gasteiger partial charge in [0.25, 0.3) is 0 Å². The van der Waals surface area contributed by atoms with Crippen LogP contribution in [-0.2, 0) is 9.47 Å². The molecule has 4 fully saturated rings. The van der Waals surface area contributed by atoms with Crippen molar-refractivity contribution in [2.45, 2.75) is 84.3 Å². The molecule has 38 heavy (non-hydrogen) atoms. The first-order chi connectivity index (χ1) is 18.3. The minimum Gasteiger partial charge on any atom is -0.458 e. The molecule has 4 heteroatoms. The summed E-state index contributed by atoms with van der Waals surface area (Å²) in [5.41, 5.74) is 1.66. The zero-order chi connectivity index (χ0) is 26.5. The Hall–Kier alpha value is -2.62. The maximum atomic E-state index is 12.9. The van der Waals surface area contributed by atoms with Crippen LogP contribution in [0.4, 0.5) is 0 Å². The van der Waals surface area contributed by atoms with Crippen LogP contribution in [0.15, 0.2) is 60.7 Å². The molecule has 4 aliphatic rings. The highest BCUT2D eigenvalue weighted by Gasteiger charge is 2.62. The summed E-state index contributed by atoms with van der Waals surface area (Å²) in [5, 5.41) is 0. The van der Waals surface area contributed by atoms with Crippen molar-refractivity contribution >= 4 is 11.9 Å². The molecule has 0 bridgehead atoms. The molecule has 0 unspecified atom stereocenters. The third-order valence-electron chi connectivity index (χ3n) is 11.4. The number of rotatable bonds is 4. The first-order valence-electron chi connectivity index (χ1n) is 14.8. The van der Waals surface area contributed by atoms with E-state index in [-0.39, 0.29) is 35.0 Å². The lowest BCUT2D eigenvalue weighted by molar-refractivity contribution is -0.147. The first kappa shape index (κ1) is 25.6. The van der Waals surface area contributed by atoms with Gasteiger partial charge in [-0.1, -0.05) is 57.2 Å². The van der Waals surface area contributed by atoms with Gasteiger partial charge in [-0.2, -0.15) is 0 Å². The number of hydrogen-bond donors (Lipinski definition) is 0. The lowest BCUT2D eigenvalue weighted by atomic mass is 9.44. The largest absolute Gasteiger partial charge is 0.458 e. The van der Waals surface area contributed by atoms with E-state index in [0.29, 0.717) is 40.7 Å². The maximum Gasteiger partial charge on any atom is 0.338 e. The van der Waals surface area contributed by atoms with Gasteiger partial charge in [0.05, 0.1) is 11.1 Å². The van der Waals surface area contributed by atoms with Gasteiger partial charge in [-0.3, -0.25) is 0 Å². The topological polar surface area (TPSA) is 52.6 Å². The van der Waals surface area contributed by atoms with Crippen LogP contribution in [-0.4, -0.2) is 24.1 Å². The van der Waals surface area contributed by atoms with Crippen molar-refractivity contribution in [1.29, 1.82) is 0 Å². The molecule has 0 saturated heterocycles. The molecule has 4 aliphatic carbocycles.